The van der Waals surface area contributed by atoms with Gasteiger partial charge in [-0.3, -0.25) is 0 Å². The molecule has 0 amide bonds. The minimum absolute atomic E-state index is 0.0211. The van der Waals surface area contributed by atoms with Crippen LogP contribution >= 0.6 is 0 Å². The molecule has 110 valence electrons. The Morgan fingerprint density at radius 2 is 1.95 bits per heavy atom. The van der Waals surface area contributed by atoms with Gasteiger partial charge in [-0.25, -0.2) is 9.78 Å². The summed E-state index contributed by atoms with van der Waals surface area (Å²) in [6, 6.07) is 9.20. The largest absolute Gasteiger partial charge is 0.463 e. The van der Waals surface area contributed by atoms with Crippen molar-refractivity contribution < 1.29 is 14.3 Å². The summed E-state index contributed by atoms with van der Waals surface area (Å²) in [5, 5.41) is 0. The molecular formula is C15H17N3O3. The first-order valence-corrected chi connectivity index (χ1v) is 6.53. The molecule has 2 aromatic rings. The van der Waals surface area contributed by atoms with E-state index in [2.05, 4.69) is 14.7 Å². The Labute approximate surface area is 122 Å². The number of esters is 1. The predicted octanol–water partition coefficient (Wildman–Crippen LogP) is 1.87. The summed E-state index contributed by atoms with van der Waals surface area (Å²) in [5.41, 5.74) is 7.27. The molecule has 1 aromatic carbocycles. The van der Waals surface area contributed by atoms with Gasteiger partial charge >= 0.3 is 5.97 Å². The van der Waals surface area contributed by atoms with E-state index in [-0.39, 0.29) is 5.82 Å². The molecule has 0 unspecified atom stereocenters. The van der Waals surface area contributed by atoms with Gasteiger partial charge in [0, 0.05) is 11.8 Å². The Hall–Kier alpha value is -2.47. The van der Waals surface area contributed by atoms with E-state index in [9.17, 15) is 4.79 Å². The maximum atomic E-state index is 11.5. The molecule has 2 N–H and O–H groups in total. The highest BCUT2D eigenvalue weighted by Gasteiger charge is 2.12. The fraction of sp³-hybridized carbons (Fsp3) is 0.267. The second-order valence-electron chi connectivity index (χ2n) is 4.45. The molecule has 0 spiro atoms. The van der Waals surface area contributed by atoms with Gasteiger partial charge in [-0.1, -0.05) is 12.1 Å². The lowest BCUT2D eigenvalue weighted by Crippen LogP contribution is -2.09. The monoisotopic (exact) mass is 287 g/mol. The van der Waals surface area contributed by atoms with Gasteiger partial charge in [-0.15, -0.1) is 0 Å². The number of carbonyl (C=O) groups is 1. The summed E-state index contributed by atoms with van der Waals surface area (Å²) in [6.07, 6.45) is 0.819. The molecule has 0 atom stereocenters. The summed E-state index contributed by atoms with van der Waals surface area (Å²) in [5.74, 6) is 0.313. The zero-order valence-corrected chi connectivity index (χ0v) is 12.0. The number of hydrogen-bond donors (Lipinski definition) is 1. The number of rotatable bonds is 5. The van der Waals surface area contributed by atoms with Gasteiger partial charge in [-0.2, -0.15) is 4.98 Å². The summed E-state index contributed by atoms with van der Waals surface area (Å²) in [7, 11) is 1.28. The summed E-state index contributed by atoms with van der Waals surface area (Å²) >= 11 is 0. The number of aromatic nitrogens is 2. The van der Waals surface area contributed by atoms with Crippen molar-refractivity contribution in [2.75, 3.05) is 13.7 Å². The van der Waals surface area contributed by atoms with E-state index in [1.165, 1.54) is 7.11 Å². The first-order chi connectivity index (χ1) is 10.1. The minimum Gasteiger partial charge on any atom is -0.463 e. The molecule has 6 heteroatoms. The van der Waals surface area contributed by atoms with Crippen LogP contribution in [-0.4, -0.2) is 29.6 Å². The third kappa shape index (κ3) is 4.00. The molecule has 0 fully saturated rings. The van der Waals surface area contributed by atoms with Gasteiger partial charge in [0.15, 0.2) is 0 Å². The molecule has 0 aliphatic carbocycles. The van der Waals surface area contributed by atoms with E-state index in [4.69, 9.17) is 10.5 Å². The second-order valence-corrected chi connectivity index (χ2v) is 4.45. The SMILES string of the molecule is COC(=O)c1nc(C)cc(Oc2ccc(CCN)cc2)n1. The van der Waals surface area contributed by atoms with Crippen molar-refractivity contribution in [2.45, 2.75) is 13.3 Å². The zero-order chi connectivity index (χ0) is 15.2. The molecule has 6 nitrogen and oxygen atoms in total. The number of nitrogens with two attached hydrogens (primary N) is 1. The van der Waals surface area contributed by atoms with Crippen molar-refractivity contribution >= 4 is 5.97 Å². The number of nitrogens with zero attached hydrogens (tertiary/aromatic N) is 2. The molecule has 1 aromatic heterocycles. The van der Waals surface area contributed by atoms with Gasteiger partial charge in [0.25, 0.3) is 0 Å². The van der Waals surface area contributed by atoms with Gasteiger partial charge in [0.05, 0.1) is 7.11 Å². The Morgan fingerprint density at radius 3 is 2.57 bits per heavy atom. The first-order valence-electron chi connectivity index (χ1n) is 6.53. The average molecular weight is 287 g/mol. The highest BCUT2D eigenvalue weighted by atomic mass is 16.5. The fourth-order valence-electron chi connectivity index (χ4n) is 1.79. The minimum atomic E-state index is -0.596. The van der Waals surface area contributed by atoms with Gasteiger partial charge < -0.3 is 15.2 Å². The highest BCUT2D eigenvalue weighted by molar-refractivity contribution is 5.85. The topological polar surface area (TPSA) is 87.3 Å². The van der Waals surface area contributed by atoms with E-state index in [0.29, 0.717) is 23.9 Å². The van der Waals surface area contributed by atoms with Crippen molar-refractivity contribution in [1.29, 1.82) is 0 Å². The Bertz CT molecular complexity index is 627. The van der Waals surface area contributed by atoms with Gasteiger partial charge in [-0.05, 0) is 37.6 Å². The van der Waals surface area contributed by atoms with Crippen molar-refractivity contribution in [2.24, 2.45) is 5.73 Å². The van der Waals surface area contributed by atoms with E-state index in [1.54, 1.807) is 13.0 Å². The summed E-state index contributed by atoms with van der Waals surface area (Å²) in [6.45, 7) is 2.36. The van der Waals surface area contributed by atoms with Crippen LogP contribution in [0.15, 0.2) is 30.3 Å². The fourth-order valence-corrected chi connectivity index (χ4v) is 1.79. The normalized spacial score (nSPS) is 10.2. The number of carbonyl (C=O) groups excluding carboxylic acids is 1. The predicted molar refractivity (Wildman–Crippen MR) is 77.4 cm³/mol. The molecule has 2 rings (SSSR count). The Balaban J connectivity index is 2.18. The number of aryl methyl sites for hydroxylation is 1. The summed E-state index contributed by atoms with van der Waals surface area (Å²) < 4.78 is 10.2. The van der Waals surface area contributed by atoms with Crippen LogP contribution in [-0.2, 0) is 11.2 Å². The van der Waals surface area contributed by atoms with Crippen molar-refractivity contribution in [3.8, 4) is 11.6 Å². The van der Waals surface area contributed by atoms with E-state index in [0.717, 1.165) is 12.0 Å². The Kier molecular flexibility index (Phi) is 4.84. The zero-order valence-electron chi connectivity index (χ0n) is 12.0. The maximum absolute atomic E-state index is 11.5. The second kappa shape index (κ2) is 6.81. The highest BCUT2D eigenvalue weighted by Crippen LogP contribution is 2.20. The molecule has 21 heavy (non-hydrogen) atoms. The van der Waals surface area contributed by atoms with Crippen LogP contribution in [0.25, 0.3) is 0 Å². The molecule has 0 saturated heterocycles. The number of ether oxygens (including phenoxy) is 2. The first kappa shape index (κ1) is 14.9. The molecular weight excluding hydrogens is 270 g/mol. The Morgan fingerprint density at radius 1 is 1.24 bits per heavy atom. The van der Waals surface area contributed by atoms with Crippen LogP contribution in [0, 0.1) is 6.92 Å². The number of methoxy groups -OCH3 is 1. The van der Waals surface area contributed by atoms with E-state index in [1.807, 2.05) is 24.3 Å². The molecule has 0 radical (unpaired) electrons. The molecule has 0 bridgehead atoms. The van der Waals surface area contributed by atoms with Crippen molar-refractivity contribution in [3.05, 3.63) is 47.4 Å². The van der Waals surface area contributed by atoms with Gasteiger partial charge in [0.2, 0.25) is 11.7 Å². The molecule has 0 aliphatic rings. The molecule has 1 heterocycles. The van der Waals surface area contributed by atoms with Gasteiger partial charge in [0.1, 0.15) is 5.75 Å². The van der Waals surface area contributed by atoms with Crippen LogP contribution in [0.4, 0.5) is 0 Å². The standard InChI is InChI=1S/C15H17N3O3/c1-10-9-13(18-14(17-10)15(19)20-2)21-12-5-3-11(4-6-12)7-8-16/h3-6,9H,7-8,16H2,1-2H3. The lowest BCUT2D eigenvalue weighted by atomic mass is 10.1. The maximum Gasteiger partial charge on any atom is 0.376 e. The van der Waals surface area contributed by atoms with Crippen LogP contribution < -0.4 is 10.5 Å². The van der Waals surface area contributed by atoms with Crippen LogP contribution in [0.5, 0.6) is 11.6 Å². The third-order valence-electron chi connectivity index (χ3n) is 2.78. The average Bonchev–Trinajstić information content (AvgIpc) is 2.48. The molecule has 0 saturated carbocycles. The van der Waals surface area contributed by atoms with E-state index < -0.39 is 5.97 Å². The van der Waals surface area contributed by atoms with Crippen LogP contribution in [0.3, 0.4) is 0 Å². The molecule has 0 aliphatic heterocycles. The van der Waals surface area contributed by atoms with Crippen molar-refractivity contribution in [3.63, 3.8) is 0 Å². The summed E-state index contributed by atoms with van der Waals surface area (Å²) in [4.78, 5) is 19.5. The smallest absolute Gasteiger partial charge is 0.376 e. The van der Waals surface area contributed by atoms with E-state index >= 15 is 0 Å². The number of benzene rings is 1. The third-order valence-corrected chi connectivity index (χ3v) is 2.78. The quantitative estimate of drug-likeness (QED) is 0.845. The number of hydrogen-bond acceptors (Lipinski definition) is 6. The lowest BCUT2D eigenvalue weighted by Gasteiger charge is -2.07. The van der Waals surface area contributed by atoms with Crippen molar-refractivity contribution in [1.82, 2.24) is 9.97 Å². The lowest BCUT2D eigenvalue weighted by molar-refractivity contribution is 0.0585. The van der Waals surface area contributed by atoms with Crippen LogP contribution in [0.2, 0.25) is 0 Å². The van der Waals surface area contributed by atoms with Crippen LogP contribution in [0.1, 0.15) is 21.9 Å².